The molecule has 1 fully saturated rings. The van der Waals surface area contributed by atoms with Crippen molar-refractivity contribution in [1.82, 2.24) is 10.2 Å². The highest BCUT2D eigenvalue weighted by Gasteiger charge is 2.18. The van der Waals surface area contributed by atoms with Crippen LogP contribution in [0.4, 0.5) is 10.1 Å². The SMILES string of the molecule is CN1CCOC(CNC(=O)c2cc(N)cc(F)c2)C1. The normalized spacial score (nSPS) is 20.2. The van der Waals surface area contributed by atoms with Crippen LogP contribution in [0, 0.1) is 5.82 Å². The van der Waals surface area contributed by atoms with E-state index in [1.54, 1.807) is 0 Å². The second kappa shape index (κ2) is 5.99. The zero-order valence-electron chi connectivity index (χ0n) is 10.9. The number of amides is 1. The Morgan fingerprint density at radius 1 is 1.58 bits per heavy atom. The number of hydrogen-bond acceptors (Lipinski definition) is 4. The second-order valence-electron chi connectivity index (χ2n) is 4.74. The van der Waals surface area contributed by atoms with E-state index in [1.165, 1.54) is 18.2 Å². The van der Waals surface area contributed by atoms with Crippen molar-refractivity contribution >= 4 is 11.6 Å². The van der Waals surface area contributed by atoms with Gasteiger partial charge in [-0.05, 0) is 25.2 Å². The zero-order valence-corrected chi connectivity index (χ0v) is 10.9. The number of nitrogens with zero attached hydrogens (tertiary/aromatic N) is 1. The first-order valence-electron chi connectivity index (χ1n) is 6.19. The lowest BCUT2D eigenvalue weighted by molar-refractivity contribution is -0.0175. The van der Waals surface area contributed by atoms with Crippen molar-refractivity contribution in [2.75, 3.05) is 39.0 Å². The number of likely N-dealkylation sites (N-methyl/N-ethyl adjacent to an activating group) is 1. The Morgan fingerprint density at radius 3 is 3.05 bits per heavy atom. The molecule has 1 aromatic rings. The van der Waals surface area contributed by atoms with E-state index in [4.69, 9.17) is 10.5 Å². The minimum atomic E-state index is -0.515. The van der Waals surface area contributed by atoms with Crippen LogP contribution in [0.5, 0.6) is 0 Å². The number of halogens is 1. The van der Waals surface area contributed by atoms with Crippen molar-refractivity contribution in [1.29, 1.82) is 0 Å². The van der Waals surface area contributed by atoms with Gasteiger partial charge in [0.05, 0.1) is 12.7 Å². The van der Waals surface area contributed by atoms with E-state index in [0.29, 0.717) is 13.2 Å². The van der Waals surface area contributed by atoms with E-state index in [-0.39, 0.29) is 23.3 Å². The van der Waals surface area contributed by atoms with E-state index >= 15 is 0 Å². The molecule has 2 rings (SSSR count). The van der Waals surface area contributed by atoms with Crippen molar-refractivity contribution in [2.24, 2.45) is 0 Å². The number of anilines is 1. The average Bonchev–Trinajstić information content (AvgIpc) is 2.35. The molecule has 3 N–H and O–H groups in total. The van der Waals surface area contributed by atoms with Gasteiger partial charge >= 0.3 is 0 Å². The summed E-state index contributed by atoms with van der Waals surface area (Å²) in [6, 6.07) is 3.79. The average molecular weight is 267 g/mol. The Balaban J connectivity index is 1.90. The molecule has 0 aromatic heterocycles. The number of nitrogens with one attached hydrogen (secondary N) is 1. The third kappa shape index (κ3) is 3.90. The molecule has 1 aromatic carbocycles. The van der Waals surface area contributed by atoms with Crippen LogP contribution in [0.25, 0.3) is 0 Å². The van der Waals surface area contributed by atoms with E-state index < -0.39 is 5.82 Å². The minimum absolute atomic E-state index is 0.0337. The molecular weight excluding hydrogens is 249 g/mol. The number of hydrogen-bond donors (Lipinski definition) is 2. The van der Waals surface area contributed by atoms with Gasteiger partial charge in [-0.15, -0.1) is 0 Å². The van der Waals surface area contributed by atoms with Gasteiger partial charge in [0.15, 0.2) is 0 Å². The van der Waals surface area contributed by atoms with Gasteiger partial charge in [0.1, 0.15) is 5.82 Å². The highest BCUT2D eigenvalue weighted by molar-refractivity contribution is 5.95. The Hall–Kier alpha value is -1.66. The molecule has 6 heteroatoms. The van der Waals surface area contributed by atoms with Crippen LogP contribution in [0.1, 0.15) is 10.4 Å². The summed E-state index contributed by atoms with van der Waals surface area (Å²) in [5, 5.41) is 2.73. The third-order valence-electron chi connectivity index (χ3n) is 3.01. The minimum Gasteiger partial charge on any atom is -0.399 e. The van der Waals surface area contributed by atoms with Gasteiger partial charge in [0.2, 0.25) is 0 Å². The second-order valence-corrected chi connectivity index (χ2v) is 4.74. The fourth-order valence-electron chi connectivity index (χ4n) is 2.04. The molecule has 1 unspecified atom stereocenters. The van der Waals surface area contributed by atoms with Crippen LogP contribution < -0.4 is 11.1 Å². The predicted molar refractivity (Wildman–Crippen MR) is 70.4 cm³/mol. The van der Waals surface area contributed by atoms with Gasteiger partial charge in [0.25, 0.3) is 5.91 Å². The lowest BCUT2D eigenvalue weighted by atomic mass is 10.1. The Labute approximate surface area is 111 Å². The molecule has 1 atom stereocenters. The van der Waals surface area contributed by atoms with E-state index in [9.17, 15) is 9.18 Å². The van der Waals surface area contributed by atoms with E-state index in [1.807, 2.05) is 7.05 Å². The number of nitrogen functional groups attached to an aromatic ring is 1. The van der Waals surface area contributed by atoms with Gasteiger partial charge in [-0.3, -0.25) is 4.79 Å². The van der Waals surface area contributed by atoms with E-state index in [0.717, 1.165) is 13.1 Å². The number of carbonyl (C=O) groups excluding carboxylic acids is 1. The number of benzene rings is 1. The molecular formula is C13H18FN3O2. The summed E-state index contributed by atoms with van der Waals surface area (Å²) in [5.41, 5.74) is 5.96. The van der Waals surface area contributed by atoms with Gasteiger partial charge in [-0.1, -0.05) is 0 Å². The predicted octanol–water partition coefficient (Wildman–Crippen LogP) is 0.468. The first-order valence-corrected chi connectivity index (χ1v) is 6.19. The van der Waals surface area contributed by atoms with Crippen LogP contribution in [0.3, 0.4) is 0 Å². The largest absolute Gasteiger partial charge is 0.399 e. The number of carbonyl (C=O) groups is 1. The Kier molecular flexibility index (Phi) is 4.34. The maximum Gasteiger partial charge on any atom is 0.251 e. The molecule has 104 valence electrons. The number of rotatable bonds is 3. The van der Waals surface area contributed by atoms with Crippen LogP contribution in [-0.4, -0.2) is 50.2 Å². The Morgan fingerprint density at radius 2 is 2.37 bits per heavy atom. The summed E-state index contributed by atoms with van der Waals surface area (Å²) in [4.78, 5) is 14.0. The molecule has 1 amide bonds. The molecule has 0 radical (unpaired) electrons. The number of morpholine rings is 1. The highest BCUT2D eigenvalue weighted by Crippen LogP contribution is 2.11. The molecule has 0 bridgehead atoms. The topological polar surface area (TPSA) is 67.6 Å². The summed E-state index contributed by atoms with van der Waals surface area (Å²) < 4.78 is 18.7. The molecule has 1 saturated heterocycles. The molecule has 1 aliphatic rings. The standard InChI is InChI=1S/C13H18FN3O2/c1-17-2-3-19-12(8-17)7-16-13(18)9-4-10(14)6-11(15)5-9/h4-6,12H,2-3,7-8,15H2,1H3,(H,16,18). The fraction of sp³-hybridized carbons (Fsp3) is 0.462. The van der Waals surface area contributed by atoms with Crippen LogP contribution in [0.2, 0.25) is 0 Å². The van der Waals surface area contributed by atoms with E-state index in [2.05, 4.69) is 10.2 Å². The molecule has 0 spiro atoms. The monoisotopic (exact) mass is 267 g/mol. The first-order chi connectivity index (χ1) is 9.04. The van der Waals surface area contributed by atoms with Crippen LogP contribution in [0.15, 0.2) is 18.2 Å². The zero-order chi connectivity index (χ0) is 13.8. The molecule has 0 saturated carbocycles. The molecule has 1 aliphatic heterocycles. The van der Waals surface area contributed by atoms with Crippen molar-refractivity contribution in [3.8, 4) is 0 Å². The highest BCUT2D eigenvalue weighted by atomic mass is 19.1. The quantitative estimate of drug-likeness (QED) is 0.781. The maximum atomic E-state index is 13.1. The number of ether oxygens (including phenoxy) is 1. The molecule has 0 aliphatic carbocycles. The number of nitrogens with two attached hydrogens (primary N) is 1. The summed E-state index contributed by atoms with van der Waals surface area (Å²) >= 11 is 0. The smallest absolute Gasteiger partial charge is 0.251 e. The van der Waals surface area contributed by atoms with Gasteiger partial charge in [-0.25, -0.2) is 4.39 Å². The van der Waals surface area contributed by atoms with Crippen molar-refractivity contribution in [3.63, 3.8) is 0 Å². The summed E-state index contributed by atoms with van der Waals surface area (Å²) in [6.45, 7) is 2.72. The molecule has 19 heavy (non-hydrogen) atoms. The fourth-order valence-corrected chi connectivity index (χ4v) is 2.04. The van der Waals surface area contributed by atoms with Crippen molar-refractivity contribution in [3.05, 3.63) is 29.6 Å². The van der Waals surface area contributed by atoms with Gasteiger partial charge in [0, 0.05) is 30.9 Å². The maximum absolute atomic E-state index is 13.1. The lowest BCUT2D eigenvalue weighted by Gasteiger charge is -2.30. The van der Waals surface area contributed by atoms with Crippen molar-refractivity contribution < 1.29 is 13.9 Å². The van der Waals surface area contributed by atoms with Gasteiger partial charge in [-0.2, -0.15) is 0 Å². The summed E-state index contributed by atoms with van der Waals surface area (Å²) in [7, 11) is 2.00. The summed E-state index contributed by atoms with van der Waals surface area (Å²) in [6.07, 6.45) is -0.0337. The third-order valence-corrected chi connectivity index (χ3v) is 3.01. The Bertz CT molecular complexity index is 447. The molecule has 1 heterocycles. The van der Waals surface area contributed by atoms with Crippen molar-refractivity contribution in [2.45, 2.75) is 6.10 Å². The van der Waals surface area contributed by atoms with Crippen LogP contribution >= 0.6 is 0 Å². The summed E-state index contributed by atoms with van der Waals surface area (Å²) in [5.74, 6) is -0.859. The van der Waals surface area contributed by atoms with Crippen LogP contribution in [-0.2, 0) is 4.74 Å². The lowest BCUT2D eigenvalue weighted by Crippen LogP contribution is -2.45. The first kappa shape index (κ1) is 13.8. The molecule has 5 nitrogen and oxygen atoms in total. The van der Waals surface area contributed by atoms with Gasteiger partial charge < -0.3 is 20.7 Å².